The monoisotopic (exact) mass is 370 g/mol. The normalized spacial score (nSPS) is 33.3. The molecule has 0 aliphatic heterocycles. The average molecular weight is 371 g/mol. The summed E-state index contributed by atoms with van der Waals surface area (Å²) in [6.07, 6.45) is 19.2. The summed E-state index contributed by atoms with van der Waals surface area (Å²) < 4.78 is 0. The molecule has 0 unspecified atom stereocenters. The van der Waals surface area contributed by atoms with Gasteiger partial charge in [0.25, 0.3) is 0 Å². The van der Waals surface area contributed by atoms with Crippen molar-refractivity contribution < 1.29 is 9.90 Å². The van der Waals surface area contributed by atoms with Crippen LogP contribution in [0.1, 0.15) is 110 Å². The van der Waals surface area contributed by atoms with Gasteiger partial charge in [-0.1, -0.05) is 71.1 Å². The summed E-state index contributed by atoms with van der Waals surface area (Å²) in [5.74, 6) is 0.688. The number of hydrogen-bond donors (Lipinski definition) is 1. The van der Waals surface area contributed by atoms with Gasteiger partial charge in [-0.3, -0.25) is 4.79 Å². The molecule has 2 fully saturated rings. The van der Waals surface area contributed by atoms with Gasteiger partial charge in [0.1, 0.15) is 0 Å². The number of unbranched alkanes of at least 4 members (excludes halogenated alkanes) is 6. The van der Waals surface area contributed by atoms with Crippen molar-refractivity contribution in [3.8, 4) is 0 Å². The summed E-state index contributed by atoms with van der Waals surface area (Å²) in [5, 5.41) is 10.1. The van der Waals surface area contributed by atoms with Crippen LogP contribution in [0.15, 0.2) is 0 Å². The molecule has 0 amide bonds. The van der Waals surface area contributed by atoms with Crippen LogP contribution in [0, 0.1) is 17.3 Å². The number of carboxylic acid groups (broad SMARTS) is 1. The second-order valence-electron chi connectivity index (χ2n) is 8.76. The quantitative estimate of drug-likeness (QED) is 0.326. The first-order chi connectivity index (χ1) is 12.1. The first kappa shape index (κ1) is 21.1. The number of aliphatic carboxylic acids is 1. The minimum Gasteiger partial charge on any atom is -0.481 e. The average Bonchev–Trinajstić information content (AvgIpc) is 2.62. The zero-order valence-electron chi connectivity index (χ0n) is 16.3. The van der Waals surface area contributed by atoms with Crippen molar-refractivity contribution in [2.75, 3.05) is 0 Å². The lowest BCUT2D eigenvalue weighted by Crippen LogP contribution is -2.43. The molecule has 0 bridgehead atoms. The maximum atomic E-state index is 12.0. The second kappa shape index (κ2) is 10.8. The van der Waals surface area contributed by atoms with Gasteiger partial charge in [0, 0.05) is 5.38 Å². The maximum absolute atomic E-state index is 12.0. The van der Waals surface area contributed by atoms with Crippen LogP contribution in [0.3, 0.4) is 0 Å². The third kappa shape index (κ3) is 6.15. The summed E-state index contributed by atoms with van der Waals surface area (Å²) in [7, 11) is 0. The van der Waals surface area contributed by atoms with Crippen molar-refractivity contribution >= 4 is 17.6 Å². The number of rotatable bonds is 10. The largest absolute Gasteiger partial charge is 0.481 e. The lowest BCUT2D eigenvalue weighted by Gasteiger charge is -2.44. The standard InChI is InChI=1S/C22H39ClO2/c1-2-3-4-5-6-7-8-9-18-10-12-19(13-11-18)22(21(24)25)16-14-20(23)15-17-22/h18-20H,2-17H2,1H3,(H,24,25). The van der Waals surface area contributed by atoms with E-state index in [1.54, 1.807) is 0 Å². The van der Waals surface area contributed by atoms with Crippen molar-refractivity contribution in [2.45, 2.75) is 115 Å². The van der Waals surface area contributed by atoms with Gasteiger partial charge >= 0.3 is 5.97 Å². The van der Waals surface area contributed by atoms with E-state index in [1.165, 1.54) is 64.2 Å². The van der Waals surface area contributed by atoms with Gasteiger partial charge in [-0.15, -0.1) is 11.6 Å². The zero-order chi connectivity index (χ0) is 18.1. The molecular formula is C22H39ClO2. The topological polar surface area (TPSA) is 37.3 Å². The van der Waals surface area contributed by atoms with Crippen molar-refractivity contribution in [3.05, 3.63) is 0 Å². The molecule has 0 atom stereocenters. The predicted octanol–water partition coefficient (Wildman–Crippen LogP) is 7.19. The third-order valence-corrected chi connectivity index (χ3v) is 7.51. The molecule has 0 aromatic carbocycles. The molecule has 0 saturated heterocycles. The zero-order valence-corrected chi connectivity index (χ0v) is 17.0. The molecule has 2 aliphatic carbocycles. The van der Waals surface area contributed by atoms with E-state index in [9.17, 15) is 9.90 Å². The van der Waals surface area contributed by atoms with Crippen molar-refractivity contribution in [1.82, 2.24) is 0 Å². The molecule has 0 aromatic heterocycles. The van der Waals surface area contributed by atoms with Crippen LogP contribution in [0.2, 0.25) is 0 Å². The van der Waals surface area contributed by atoms with Gasteiger partial charge in [-0.25, -0.2) is 0 Å². The molecule has 0 aromatic rings. The summed E-state index contributed by atoms with van der Waals surface area (Å²) >= 11 is 6.23. The fourth-order valence-electron chi connectivity index (χ4n) is 5.29. The molecule has 0 radical (unpaired) electrons. The van der Waals surface area contributed by atoms with Gasteiger partial charge in [0.2, 0.25) is 0 Å². The van der Waals surface area contributed by atoms with Gasteiger partial charge in [0.15, 0.2) is 0 Å². The van der Waals surface area contributed by atoms with Crippen LogP contribution in [0.5, 0.6) is 0 Å². The molecule has 2 aliphatic rings. The lowest BCUT2D eigenvalue weighted by molar-refractivity contribution is -0.156. The number of carboxylic acids is 1. The van der Waals surface area contributed by atoms with E-state index >= 15 is 0 Å². The molecule has 0 spiro atoms. The molecule has 146 valence electrons. The minimum atomic E-state index is -0.549. The summed E-state index contributed by atoms with van der Waals surface area (Å²) in [4.78, 5) is 12.0. The first-order valence-corrected chi connectivity index (χ1v) is 11.4. The van der Waals surface area contributed by atoms with Crippen LogP contribution in [-0.4, -0.2) is 16.5 Å². The van der Waals surface area contributed by atoms with Gasteiger partial charge in [-0.05, 0) is 50.4 Å². The molecule has 2 nitrogen and oxygen atoms in total. The number of halogens is 1. The van der Waals surface area contributed by atoms with Crippen LogP contribution in [0.25, 0.3) is 0 Å². The molecule has 1 N–H and O–H groups in total. The minimum absolute atomic E-state index is 0.196. The molecule has 0 heterocycles. The summed E-state index contributed by atoms with van der Waals surface area (Å²) in [5.41, 5.74) is -0.463. The highest BCUT2D eigenvalue weighted by molar-refractivity contribution is 6.20. The predicted molar refractivity (Wildman–Crippen MR) is 106 cm³/mol. The Morgan fingerprint density at radius 1 is 0.920 bits per heavy atom. The van der Waals surface area contributed by atoms with Gasteiger partial charge in [-0.2, -0.15) is 0 Å². The van der Waals surface area contributed by atoms with Crippen LogP contribution in [0.4, 0.5) is 0 Å². The fourth-order valence-corrected chi connectivity index (χ4v) is 5.51. The highest BCUT2D eigenvalue weighted by Crippen LogP contribution is 2.50. The molecule has 2 saturated carbocycles. The lowest BCUT2D eigenvalue weighted by atomic mass is 9.60. The van der Waals surface area contributed by atoms with Crippen LogP contribution in [-0.2, 0) is 4.79 Å². The van der Waals surface area contributed by atoms with E-state index in [-0.39, 0.29) is 5.38 Å². The smallest absolute Gasteiger partial charge is 0.309 e. The number of hydrogen-bond acceptors (Lipinski definition) is 1. The van der Waals surface area contributed by atoms with E-state index in [0.717, 1.165) is 44.4 Å². The number of alkyl halides is 1. The Morgan fingerprint density at radius 3 is 2.04 bits per heavy atom. The van der Waals surface area contributed by atoms with Gasteiger partial charge in [0.05, 0.1) is 5.41 Å². The molecule has 25 heavy (non-hydrogen) atoms. The van der Waals surface area contributed by atoms with E-state index < -0.39 is 11.4 Å². The SMILES string of the molecule is CCCCCCCCCC1CCC(C2(C(=O)O)CCC(Cl)CC2)CC1. The van der Waals surface area contributed by atoms with Crippen molar-refractivity contribution in [1.29, 1.82) is 0 Å². The van der Waals surface area contributed by atoms with Crippen LogP contribution < -0.4 is 0 Å². The summed E-state index contributed by atoms with van der Waals surface area (Å²) in [6, 6.07) is 0. The van der Waals surface area contributed by atoms with Crippen molar-refractivity contribution in [2.24, 2.45) is 17.3 Å². The van der Waals surface area contributed by atoms with E-state index in [1.807, 2.05) is 0 Å². The molecule has 3 heteroatoms. The Balaban J connectivity index is 1.67. The number of carbonyl (C=O) groups is 1. The Kier molecular flexibility index (Phi) is 9.10. The Bertz CT molecular complexity index is 379. The second-order valence-corrected chi connectivity index (χ2v) is 9.38. The summed E-state index contributed by atoms with van der Waals surface area (Å²) in [6.45, 7) is 2.27. The fraction of sp³-hybridized carbons (Fsp3) is 0.955. The highest BCUT2D eigenvalue weighted by atomic mass is 35.5. The first-order valence-electron chi connectivity index (χ1n) is 11.0. The molecular weight excluding hydrogens is 332 g/mol. The Labute approximate surface area is 160 Å². The van der Waals surface area contributed by atoms with E-state index in [0.29, 0.717) is 5.92 Å². The molecule has 2 rings (SSSR count). The van der Waals surface area contributed by atoms with E-state index in [2.05, 4.69) is 6.92 Å². The van der Waals surface area contributed by atoms with E-state index in [4.69, 9.17) is 11.6 Å². The Hall–Kier alpha value is -0.240. The third-order valence-electron chi connectivity index (χ3n) is 7.08. The van der Waals surface area contributed by atoms with Crippen molar-refractivity contribution in [3.63, 3.8) is 0 Å². The van der Waals surface area contributed by atoms with Gasteiger partial charge < -0.3 is 5.11 Å². The Morgan fingerprint density at radius 2 is 1.48 bits per heavy atom. The van der Waals surface area contributed by atoms with Crippen LogP contribution >= 0.6 is 11.6 Å². The highest BCUT2D eigenvalue weighted by Gasteiger charge is 2.48. The maximum Gasteiger partial charge on any atom is 0.309 e.